The zero-order chi connectivity index (χ0) is 15.2. The second-order valence-corrected chi connectivity index (χ2v) is 4.43. The Morgan fingerprint density at radius 2 is 2.10 bits per heavy atom. The third kappa shape index (κ3) is 4.17. The molecule has 21 heavy (non-hydrogen) atoms. The van der Waals surface area contributed by atoms with Crippen molar-refractivity contribution in [2.75, 3.05) is 0 Å². The number of carbonyl (C=O) groups is 1. The Bertz CT molecular complexity index is 696. The standard InChI is InChI=1S/C15H14FNO4/c16-12-4-1-3-11(9-12)10-21-13-5-2-7-17(15(13)20)8-6-14(18)19/h1-5,7,9H,6,8,10H2,(H,18,19). The molecule has 0 saturated carbocycles. The number of rotatable bonds is 6. The van der Waals surface area contributed by atoms with E-state index in [0.29, 0.717) is 5.56 Å². The van der Waals surface area contributed by atoms with Gasteiger partial charge in [0.1, 0.15) is 12.4 Å². The molecule has 110 valence electrons. The zero-order valence-corrected chi connectivity index (χ0v) is 11.2. The monoisotopic (exact) mass is 291 g/mol. The summed E-state index contributed by atoms with van der Waals surface area (Å²) in [4.78, 5) is 22.6. The molecule has 0 spiro atoms. The fourth-order valence-corrected chi connectivity index (χ4v) is 1.80. The Hall–Kier alpha value is -2.63. The van der Waals surface area contributed by atoms with Crippen molar-refractivity contribution in [1.29, 1.82) is 0 Å². The lowest BCUT2D eigenvalue weighted by Crippen LogP contribution is -2.22. The fraction of sp³-hybridized carbons (Fsp3) is 0.200. The summed E-state index contributed by atoms with van der Waals surface area (Å²) in [5, 5.41) is 8.63. The van der Waals surface area contributed by atoms with E-state index >= 15 is 0 Å². The number of ether oxygens (including phenoxy) is 1. The average molecular weight is 291 g/mol. The minimum absolute atomic E-state index is 0.0654. The van der Waals surface area contributed by atoms with Crippen molar-refractivity contribution in [3.8, 4) is 5.75 Å². The van der Waals surface area contributed by atoms with Crippen molar-refractivity contribution in [3.63, 3.8) is 0 Å². The van der Waals surface area contributed by atoms with Gasteiger partial charge in [0.05, 0.1) is 6.42 Å². The van der Waals surface area contributed by atoms with Crippen molar-refractivity contribution in [2.24, 2.45) is 0 Å². The lowest BCUT2D eigenvalue weighted by Gasteiger charge is -2.09. The molecule has 0 radical (unpaired) electrons. The maximum Gasteiger partial charge on any atom is 0.305 e. The molecular weight excluding hydrogens is 277 g/mol. The molecule has 2 aromatic rings. The van der Waals surface area contributed by atoms with E-state index in [-0.39, 0.29) is 31.1 Å². The molecule has 0 aliphatic rings. The van der Waals surface area contributed by atoms with Gasteiger partial charge in [-0.3, -0.25) is 9.59 Å². The summed E-state index contributed by atoms with van der Waals surface area (Å²) in [5.74, 6) is -1.25. The molecule has 1 heterocycles. The van der Waals surface area contributed by atoms with Gasteiger partial charge >= 0.3 is 5.97 Å². The Labute approximate surface area is 120 Å². The molecule has 0 atom stereocenters. The van der Waals surface area contributed by atoms with Crippen LogP contribution < -0.4 is 10.3 Å². The second kappa shape index (κ2) is 6.69. The topological polar surface area (TPSA) is 68.5 Å². The highest BCUT2D eigenvalue weighted by Gasteiger charge is 2.06. The van der Waals surface area contributed by atoms with Crippen LogP contribution in [0.4, 0.5) is 4.39 Å². The smallest absolute Gasteiger partial charge is 0.305 e. The summed E-state index contributed by atoms with van der Waals surface area (Å²) in [7, 11) is 0. The lowest BCUT2D eigenvalue weighted by molar-refractivity contribution is -0.137. The van der Waals surface area contributed by atoms with Crippen LogP contribution in [0.2, 0.25) is 0 Å². The molecule has 0 aliphatic carbocycles. The van der Waals surface area contributed by atoms with Crippen LogP contribution in [-0.4, -0.2) is 15.6 Å². The van der Waals surface area contributed by atoms with Gasteiger partial charge in [0.25, 0.3) is 5.56 Å². The minimum Gasteiger partial charge on any atom is -0.483 e. The van der Waals surface area contributed by atoms with Crippen molar-refractivity contribution < 1.29 is 19.0 Å². The molecule has 0 aliphatic heterocycles. The largest absolute Gasteiger partial charge is 0.483 e. The number of carboxylic acids is 1. The fourth-order valence-electron chi connectivity index (χ4n) is 1.80. The van der Waals surface area contributed by atoms with Gasteiger partial charge in [0.2, 0.25) is 0 Å². The predicted octanol–water partition coefficient (Wildman–Crippen LogP) is 2.04. The summed E-state index contributed by atoms with van der Waals surface area (Å²) in [6.07, 6.45) is 1.35. The number of pyridine rings is 1. The number of aliphatic carboxylic acids is 1. The highest BCUT2D eigenvalue weighted by atomic mass is 19.1. The molecule has 0 saturated heterocycles. The van der Waals surface area contributed by atoms with Gasteiger partial charge in [0, 0.05) is 12.7 Å². The highest BCUT2D eigenvalue weighted by molar-refractivity contribution is 5.66. The van der Waals surface area contributed by atoms with Crippen LogP contribution in [0.5, 0.6) is 5.75 Å². The highest BCUT2D eigenvalue weighted by Crippen LogP contribution is 2.09. The van der Waals surface area contributed by atoms with Crippen LogP contribution in [-0.2, 0) is 17.9 Å². The first-order valence-corrected chi connectivity index (χ1v) is 6.35. The average Bonchev–Trinajstić information content (AvgIpc) is 2.45. The SMILES string of the molecule is O=C(O)CCn1cccc(OCc2cccc(F)c2)c1=O. The number of benzene rings is 1. The van der Waals surface area contributed by atoms with Gasteiger partial charge in [-0.05, 0) is 29.8 Å². The van der Waals surface area contributed by atoms with Crippen LogP contribution in [0, 0.1) is 5.82 Å². The Morgan fingerprint density at radius 3 is 2.81 bits per heavy atom. The first kappa shape index (κ1) is 14.8. The van der Waals surface area contributed by atoms with Crippen molar-refractivity contribution in [1.82, 2.24) is 4.57 Å². The molecule has 1 aromatic carbocycles. The molecule has 5 nitrogen and oxygen atoms in total. The molecule has 1 aromatic heterocycles. The van der Waals surface area contributed by atoms with Crippen LogP contribution in [0.3, 0.4) is 0 Å². The van der Waals surface area contributed by atoms with E-state index in [1.54, 1.807) is 18.2 Å². The quantitative estimate of drug-likeness (QED) is 0.884. The normalized spacial score (nSPS) is 10.3. The molecular formula is C15H14FNO4. The molecule has 6 heteroatoms. The summed E-state index contributed by atoms with van der Waals surface area (Å²) >= 11 is 0. The van der Waals surface area contributed by atoms with E-state index in [1.807, 2.05) is 0 Å². The number of halogens is 1. The summed E-state index contributed by atoms with van der Waals surface area (Å²) < 4.78 is 19.7. The molecule has 1 N–H and O–H groups in total. The number of nitrogens with zero attached hydrogens (tertiary/aromatic N) is 1. The summed E-state index contributed by atoms with van der Waals surface area (Å²) in [5.41, 5.74) is 0.200. The third-order valence-electron chi connectivity index (χ3n) is 2.84. The Kier molecular flexibility index (Phi) is 4.71. The van der Waals surface area contributed by atoms with E-state index in [1.165, 1.54) is 29.0 Å². The number of aryl methyl sites for hydroxylation is 1. The molecule has 0 unspecified atom stereocenters. The number of hydrogen-bond donors (Lipinski definition) is 1. The maximum atomic E-state index is 13.0. The van der Waals surface area contributed by atoms with E-state index in [2.05, 4.69) is 0 Å². The van der Waals surface area contributed by atoms with E-state index in [9.17, 15) is 14.0 Å². The number of aromatic nitrogens is 1. The summed E-state index contributed by atoms with van der Waals surface area (Å²) in [6, 6.07) is 9.00. The maximum absolute atomic E-state index is 13.0. The first-order valence-electron chi connectivity index (χ1n) is 6.35. The zero-order valence-electron chi connectivity index (χ0n) is 11.2. The van der Waals surface area contributed by atoms with E-state index in [4.69, 9.17) is 9.84 Å². The van der Waals surface area contributed by atoms with Gasteiger partial charge in [-0.25, -0.2) is 4.39 Å². The van der Waals surface area contributed by atoms with Gasteiger partial charge in [-0.15, -0.1) is 0 Å². The van der Waals surface area contributed by atoms with Crippen LogP contribution in [0.1, 0.15) is 12.0 Å². The minimum atomic E-state index is -0.979. The summed E-state index contributed by atoms with van der Waals surface area (Å²) in [6.45, 7) is 0.140. The van der Waals surface area contributed by atoms with Crippen molar-refractivity contribution >= 4 is 5.97 Å². The molecule has 2 rings (SSSR count). The van der Waals surface area contributed by atoms with Crippen LogP contribution in [0.15, 0.2) is 47.4 Å². The van der Waals surface area contributed by atoms with Gasteiger partial charge < -0.3 is 14.4 Å². The Morgan fingerprint density at radius 1 is 1.29 bits per heavy atom. The Balaban J connectivity index is 2.08. The van der Waals surface area contributed by atoms with Gasteiger partial charge in [-0.2, -0.15) is 0 Å². The van der Waals surface area contributed by atoms with Gasteiger partial charge in [0.15, 0.2) is 5.75 Å². The third-order valence-corrected chi connectivity index (χ3v) is 2.84. The van der Waals surface area contributed by atoms with Crippen LogP contribution >= 0.6 is 0 Å². The number of hydrogen-bond acceptors (Lipinski definition) is 3. The van der Waals surface area contributed by atoms with Gasteiger partial charge in [-0.1, -0.05) is 12.1 Å². The molecule has 0 fully saturated rings. The molecule has 0 bridgehead atoms. The van der Waals surface area contributed by atoms with Crippen molar-refractivity contribution in [3.05, 3.63) is 64.3 Å². The lowest BCUT2D eigenvalue weighted by atomic mass is 10.2. The van der Waals surface area contributed by atoms with Crippen molar-refractivity contribution in [2.45, 2.75) is 19.6 Å². The molecule has 0 amide bonds. The second-order valence-electron chi connectivity index (χ2n) is 4.43. The van der Waals surface area contributed by atoms with E-state index < -0.39 is 11.5 Å². The van der Waals surface area contributed by atoms with Crippen LogP contribution in [0.25, 0.3) is 0 Å². The predicted molar refractivity (Wildman–Crippen MR) is 73.7 cm³/mol. The number of carboxylic acid groups (broad SMARTS) is 1. The van der Waals surface area contributed by atoms with E-state index in [0.717, 1.165) is 0 Å². The first-order chi connectivity index (χ1) is 10.1.